The molecule has 0 spiro atoms. The molecule has 3 aromatic heterocycles. The lowest BCUT2D eigenvalue weighted by molar-refractivity contribution is 0.957. The third-order valence-corrected chi connectivity index (χ3v) is 5.13. The van der Waals surface area contributed by atoms with Crippen molar-refractivity contribution in [1.29, 1.82) is 0 Å². The van der Waals surface area contributed by atoms with Crippen LogP contribution in [-0.2, 0) is 0 Å². The quantitative estimate of drug-likeness (QED) is 0.404. The van der Waals surface area contributed by atoms with Crippen LogP contribution in [0.3, 0.4) is 0 Å². The van der Waals surface area contributed by atoms with Gasteiger partial charge >= 0.3 is 0 Å². The molecule has 5 rings (SSSR count). The number of rotatable bonds is 5. The summed E-state index contributed by atoms with van der Waals surface area (Å²) in [6, 6.07) is 9.41. The largest absolute Gasteiger partial charge is 0.323 e. The Morgan fingerprint density at radius 3 is 2.92 bits per heavy atom. The van der Waals surface area contributed by atoms with Crippen LogP contribution in [0.4, 0.5) is 11.6 Å². The first-order chi connectivity index (χ1) is 12.7. The number of nitrogens with zero attached hydrogens (tertiary/aromatic N) is 3. The maximum absolute atomic E-state index is 11.6. The van der Waals surface area contributed by atoms with Gasteiger partial charge in [0.1, 0.15) is 5.82 Å². The van der Waals surface area contributed by atoms with E-state index in [9.17, 15) is 4.79 Å². The van der Waals surface area contributed by atoms with Crippen molar-refractivity contribution in [2.75, 3.05) is 5.32 Å². The minimum absolute atomic E-state index is 0.122. The number of hydrogen-bond acceptors (Lipinski definition) is 6. The van der Waals surface area contributed by atoms with Crippen molar-refractivity contribution in [2.45, 2.75) is 28.8 Å². The topological polar surface area (TPSA) is 115 Å². The first-order valence-electron chi connectivity index (χ1n) is 8.28. The molecule has 8 nitrogen and oxygen atoms in total. The van der Waals surface area contributed by atoms with Crippen molar-refractivity contribution >= 4 is 34.3 Å². The number of H-pyrrole nitrogens is 3. The van der Waals surface area contributed by atoms with Crippen LogP contribution in [0.2, 0.25) is 0 Å². The molecule has 4 aromatic rings. The van der Waals surface area contributed by atoms with Gasteiger partial charge in [-0.3, -0.25) is 20.1 Å². The zero-order valence-corrected chi connectivity index (χ0v) is 14.4. The lowest BCUT2D eigenvalue weighted by Crippen LogP contribution is -1.97. The van der Waals surface area contributed by atoms with E-state index in [1.165, 1.54) is 30.3 Å². The van der Waals surface area contributed by atoms with Gasteiger partial charge in [0, 0.05) is 28.8 Å². The lowest BCUT2D eigenvalue weighted by atomic mass is 10.2. The summed E-state index contributed by atoms with van der Waals surface area (Å²) in [6.45, 7) is 0. The molecule has 0 saturated heterocycles. The molecule has 0 aliphatic heterocycles. The molecule has 1 aromatic carbocycles. The molecule has 0 atom stereocenters. The van der Waals surface area contributed by atoms with Crippen LogP contribution in [0.1, 0.15) is 24.5 Å². The smallest absolute Gasteiger partial charge is 0.271 e. The number of anilines is 2. The first-order valence-corrected chi connectivity index (χ1v) is 9.10. The maximum atomic E-state index is 11.6. The second-order valence-corrected chi connectivity index (χ2v) is 7.26. The van der Waals surface area contributed by atoms with E-state index < -0.39 is 0 Å². The zero-order valence-electron chi connectivity index (χ0n) is 13.6. The SMILES string of the molecule is O=c1[nH][nH]c2cc(Sc3nccc(Nc4cc(C5CC5)[nH]n4)n3)ccc12. The fourth-order valence-corrected chi connectivity index (χ4v) is 3.56. The Balaban J connectivity index is 1.35. The standard InChI is InChI=1S/C17H15N7OS/c25-16-11-4-3-10(7-13(11)22-24-16)26-17-18-6-5-14(20-17)19-15-8-12(21-23-15)9-1-2-9/h3-9H,1-2H2,(H2,22,24,25)(H2,18,19,20,21,23). The predicted molar refractivity (Wildman–Crippen MR) is 98.9 cm³/mol. The van der Waals surface area contributed by atoms with Crippen LogP contribution in [0, 0.1) is 0 Å². The minimum Gasteiger partial charge on any atom is -0.323 e. The zero-order chi connectivity index (χ0) is 17.5. The van der Waals surface area contributed by atoms with Crippen LogP contribution in [0.5, 0.6) is 0 Å². The second kappa shape index (κ2) is 6.03. The van der Waals surface area contributed by atoms with Gasteiger partial charge in [-0.2, -0.15) is 5.10 Å². The third kappa shape index (κ3) is 2.97. The fourth-order valence-electron chi connectivity index (χ4n) is 2.78. The highest BCUT2D eigenvalue weighted by Gasteiger charge is 2.25. The maximum Gasteiger partial charge on any atom is 0.271 e. The van der Waals surface area contributed by atoms with Crippen LogP contribution >= 0.6 is 11.8 Å². The van der Waals surface area contributed by atoms with E-state index in [1.54, 1.807) is 12.3 Å². The highest BCUT2D eigenvalue weighted by atomic mass is 32.2. The Labute approximate surface area is 151 Å². The number of benzene rings is 1. The number of hydrogen-bond donors (Lipinski definition) is 4. The number of aromatic nitrogens is 6. The number of fused-ring (bicyclic) bond motifs is 1. The van der Waals surface area contributed by atoms with E-state index in [2.05, 4.69) is 35.7 Å². The molecule has 4 N–H and O–H groups in total. The lowest BCUT2D eigenvalue weighted by Gasteiger charge is -2.04. The molecule has 1 fully saturated rings. The van der Waals surface area contributed by atoms with Gasteiger partial charge in [0.2, 0.25) is 0 Å². The van der Waals surface area contributed by atoms with Gasteiger partial charge in [0.05, 0.1) is 10.9 Å². The summed E-state index contributed by atoms with van der Waals surface area (Å²) < 4.78 is 0. The fraction of sp³-hybridized carbons (Fsp3) is 0.176. The number of nitrogens with one attached hydrogen (secondary N) is 4. The van der Waals surface area contributed by atoms with E-state index in [4.69, 9.17) is 0 Å². The average Bonchev–Trinajstić information content (AvgIpc) is 3.29. The van der Waals surface area contributed by atoms with Crippen LogP contribution in [0.15, 0.2) is 51.4 Å². The molecule has 1 aliphatic carbocycles. The molecular formula is C17H15N7OS. The molecular weight excluding hydrogens is 350 g/mol. The molecule has 3 heterocycles. The summed E-state index contributed by atoms with van der Waals surface area (Å²) >= 11 is 1.43. The summed E-state index contributed by atoms with van der Waals surface area (Å²) in [6.07, 6.45) is 4.17. The average molecular weight is 365 g/mol. The van der Waals surface area contributed by atoms with E-state index >= 15 is 0 Å². The van der Waals surface area contributed by atoms with Gasteiger partial charge < -0.3 is 5.32 Å². The molecule has 130 valence electrons. The molecule has 9 heteroatoms. The van der Waals surface area contributed by atoms with E-state index in [1.807, 2.05) is 24.3 Å². The highest BCUT2D eigenvalue weighted by molar-refractivity contribution is 7.99. The van der Waals surface area contributed by atoms with Crippen molar-refractivity contribution < 1.29 is 0 Å². The van der Waals surface area contributed by atoms with E-state index in [0.29, 0.717) is 22.3 Å². The van der Waals surface area contributed by atoms with Gasteiger partial charge in [-0.15, -0.1) is 0 Å². The van der Waals surface area contributed by atoms with Gasteiger partial charge in [-0.1, -0.05) is 0 Å². The van der Waals surface area contributed by atoms with Gasteiger partial charge in [-0.05, 0) is 48.9 Å². The Hall–Kier alpha value is -3.07. The van der Waals surface area contributed by atoms with Crippen molar-refractivity contribution in [1.82, 2.24) is 30.4 Å². The van der Waals surface area contributed by atoms with Gasteiger partial charge in [0.15, 0.2) is 11.0 Å². The minimum atomic E-state index is -0.122. The van der Waals surface area contributed by atoms with Crippen molar-refractivity contribution in [3.8, 4) is 0 Å². The normalized spacial score (nSPS) is 14.0. The number of aromatic amines is 3. The molecule has 26 heavy (non-hydrogen) atoms. The molecule has 1 aliphatic rings. The molecule has 0 unspecified atom stereocenters. The summed E-state index contributed by atoms with van der Waals surface area (Å²) in [7, 11) is 0. The molecule has 0 amide bonds. The summed E-state index contributed by atoms with van der Waals surface area (Å²) in [5.41, 5.74) is 1.81. The Bertz CT molecular complexity index is 1140. The Morgan fingerprint density at radius 2 is 2.04 bits per heavy atom. The summed E-state index contributed by atoms with van der Waals surface area (Å²) in [5.74, 6) is 2.07. The van der Waals surface area contributed by atoms with Crippen molar-refractivity contribution in [2.24, 2.45) is 0 Å². The van der Waals surface area contributed by atoms with Gasteiger partial charge in [-0.25, -0.2) is 9.97 Å². The molecule has 0 bridgehead atoms. The van der Waals surface area contributed by atoms with Crippen molar-refractivity contribution in [3.05, 3.63) is 52.6 Å². The summed E-state index contributed by atoms with van der Waals surface area (Å²) in [4.78, 5) is 21.4. The molecule has 0 radical (unpaired) electrons. The predicted octanol–water partition coefficient (Wildman–Crippen LogP) is 3.14. The van der Waals surface area contributed by atoms with Crippen LogP contribution in [-0.4, -0.2) is 30.4 Å². The Kier molecular flexibility index (Phi) is 3.52. The van der Waals surface area contributed by atoms with E-state index in [-0.39, 0.29) is 5.56 Å². The van der Waals surface area contributed by atoms with E-state index in [0.717, 1.165) is 16.2 Å². The third-order valence-electron chi connectivity index (χ3n) is 4.26. The Morgan fingerprint density at radius 1 is 1.12 bits per heavy atom. The van der Waals surface area contributed by atoms with Crippen LogP contribution in [0.25, 0.3) is 10.9 Å². The van der Waals surface area contributed by atoms with Gasteiger partial charge in [0.25, 0.3) is 5.56 Å². The van der Waals surface area contributed by atoms with Crippen molar-refractivity contribution in [3.63, 3.8) is 0 Å². The second-order valence-electron chi connectivity index (χ2n) is 6.22. The first kappa shape index (κ1) is 15.2. The van der Waals surface area contributed by atoms with Crippen LogP contribution < -0.4 is 10.9 Å². The highest BCUT2D eigenvalue weighted by Crippen LogP contribution is 2.39. The monoisotopic (exact) mass is 365 g/mol. The molecule has 1 saturated carbocycles. The summed E-state index contributed by atoms with van der Waals surface area (Å²) in [5, 5.41) is 17.2.